The average molecular weight is 206 g/mol. The Hall–Kier alpha value is -0.890. The molecule has 1 aliphatic rings. The zero-order valence-corrected chi connectivity index (χ0v) is 7.19. The van der Waals surface area contributed by atoms with Crippen LogP contribution in [0.5, 0.6) is 0 Å². The predicted octanol–water partition coefficient (Wildman–Crippen LogP) is -2.66. The topological polar surface area (TPSA) is 140 Å². The summed E-state index contributed by atoms with van der Waals surface area (Å²) in [7, 11) is 0. The summed E-state index contributed by atoms with van der Waals surface area (Å²) >= 11 is 0. The molecule has 1 aliphatic heterocycles. The third-order valence-electron chi connectivity index (χ3n) is 2.04. The summed E-state index contributed by atoms with van der Waals surface area (Å²) in [6.45, 7) is -0.519. The van der Waals surface area contributed by atoms with Gasteiger partial charge >= 0.3 is 0 Å². The monoisotopic (exact) mass is 206 g/mol. The van der Waals surface area contributed by atoms with Crippen LogP contribution in [0.25, 0.3) is 0 Å². The highest BCUT2D eigenvalue weighted by atomic mass is 16.6. The normalized spacial score (nSPS) is 43.0. The molecule has 0 spiro atoms. The minimum atomic E-state index is -1.48. The van der Waals surface area contributed by atoms with Crippen molar-refractivity contribution in [2.24, 2.45) is 5.11 Å². The minimum absolute atomic E-state index is 0.519. The molecule has 1 rings (SSSR count). The van der Waals surface area contributed by atoms with Gasteiger partial charge in [-0.3, -0.25) is 0 Å². The molecule has 0 amide bonds. The Labute approximate surface area is 79.0 Å². The van der Waals surface area contributed by atoms with Gasteiger partial charge in [0, 0.05) is 0 Å². The van der Waals surface area contributed by atoms with Crippen molar-refractivity contribution in [2.75, 3.05) is 6.61 Å². The predicted molar refractivity (Wildman–Crippen MR) is 41.0 cm³/mol. The van der Waals surface area contributed by atoms with E-state index in [1.807, 2.05) is 0 Å². The maximum Gasteiger partial charge on any atom is 0.261 e. The van der Waals surface area contributed by atoms with Gasteiger partial charge in [0.15, 0.2) is 5.11 Å². The van der Waals surface area contributed by atoms with Crippen LogP contribution < -0.4 is 4.91 Å². The molecule has 0 saturated carbocycles. The van der Waals surface area contributed by atoms with Crippen molar-refractivity contribution in [3.8, 4) is 0 Å². The quantitative estimate of drug-likeness (QED) is 0.247. The Morgan fingerprint density at radius 1 is 1.21 bits per heavy atom. The van der Waals surface area contributed by atoms with Gasteiger partial charge in [0.25, 0.3) is 6.23 Å². The number of hydrogen-bond donors (Lipinski definition) is 5. The Kier molecular flexibility index (Phi) is 3.64. The van der Waals surface area contributed by atoms with Crippen molar-refractivity contribution in [3.63, 3.8) is 0 Å². The van der Waals surface area contributed by atoms with E-state index in [9.17, 15) is 15.3 Å². The van der Waals surface area contributed by atoms with E-state index in [1.54, 1.807) is 0 Å². The molecule has 5 N–H and O–H groups in total. The molecule has 0 aromatic rings. The average Bonchev–Trinajstić information content (AvgIpc) is 2.19. The van der Waals surface area contributed by atoms with E-state index in [1.165, 1.54) is 0 Å². The van der Waals surface area contributed by atoms with E-state index in [0.717, 1.165) is 0 Å². The molecule has 0 radical (unpaired) electrons. The third kappa shape index (κ3) is 1.95. The van der Waals surface area contributed by atoms with Crippen molar-refractivity contribution >= 4 is 0 Å². The summed E-state index contributed by atoms with van der Waals surface area (Å²) in [6, 6.07) is 0. The molecule has 0 aromatic carbocycles. The molecule has 14 heavy (non-hydrogen) atoms. The number of nitrogens with zero attached hydrogens (tertiary/aromatic N) is 2. The van der Waals surface area contributed by atoms with E-state index in [0.29, 0.717) is 0 Å². The first-order valence-electron chi connectivity index (χ1n) is 3.99. The Bertz CT molecular complexity index is 242. The molecule has 0 unspecified atom stereocenters. The largest absolute Gasteiger partial charge is 0.394 e. The van der Waals surface area contributed by atoms with Gasteiger partial charge in [-0.05, 0) is 0 Å². The van der Waals surface area contributed by atoms with Crippen molar-refractivity contribution in [1.82, 2.24) is 4.91 Å². The summed E-state index contributed by atoms with van der Waals surface area (Å²) < 4.78 is 4.88. The van der Waals surface area contributed by atoms with Crippen molar-refractivity contribution in [1.29, 1.82) is 5.53 Å². The molecule has 0 bridgehead atoms. The zero-order chi connectivity index (χ0) is 10.7. The number of rotatable bonds is 2. The fourth-order valence-corrected chi connectivity index (χ4v) is 1.23. The summed E-state index contributed by atoms with van der Waals surface area (Å²) in [5.41, 5.74) is 6.43. The summed E-state index contributed by atoms with van der Waals surface area (Å²) in [5, 5.41) is 39.8. The van der Waals surface area contributed by atoms with Crippen LogP contribution in [0, 0.1) is 5.53 Å². The molecule has 1 saturated heterocycles. The van der Waals surface area contributed by atoms with Crippen molar-refractivity contribution in [2.45, 2.75) is 30.6 Å². The van der Waals surface area contributed by atoms with Crippen LogP contribution in [0.1, 0.15) is 0 Å². The first-order chi connectivity index (χ1) is 6.61. The lowest BCUT2D eigenvalue weighted by Crippen LogP contribution is -2.57. The highest BCUT2D eigenvalue weighted by Gasteiger charge is 2.45. The molecule has 5 atom stereocenters. The van der Waals surface area contributed by atoms with Gasteiger partial charge in [-0.25, -0.2) is 0 Å². The third-order valence-corrected chi connectivity index (χ3v) is 2.04. The van der Waals surface area contributed by atoms with Crippen LogP contribution in [0.2, 0.25) is 0 Å². The Morgan fingerprint density at radius 2 is 1.86 bits per heavy atom. The van der Waals surface area contributed by atoms with E-state index < -0.39 is 37.3 Å². The molecule has 8 heteroatoms. The van der Waals surface area contributed by atoms with E-state index in [2.05, 4.69) is 10.0 Å². The molecular weight excluding hydrogens is 194 g/mol. The summed E-state index contributed by atoms with van der Waals surface area (Å²) in [4.78, 5) is 2.65. The molecule has 8 nitrogen and oxygen atoms in total. The van der Waals surface area contributed by atoms with Crippen molar-refractivity contribution < 1.29 is 25.2 Å². The number of hydrogen-bond acceptors (Lipinski definition) is 7. The molecule has 0 aromatic heterocycles. The van der Waals surface area contributed by atoms with Crippen LogP contribution >= 0.6 is 0 Å². The summed E-state index contributed by atoms with van der Waals surface area (Å²) in [5.74, 6) is 0. The van der Waals surface area contributed by atoms with Crippen LogP contribution in [0.3, 0.4) is 0 Å². The van der Waals surface area contributed by atoms with Crippen LogP contribution in [0.4, 0.5) is 0 Å². The lowest BCUT2D eigenvalue weighted by atomic mass is 9.99. The van der Waals surface area contributed by atoms with E-state index >= 15 is 0 Å². The van der Waals surface area contributed by atoms with Gasteiger partial charge in [0.1, 0.15) is 29.9 Å². The molecular formula is C6H12N3O5+. The number of nitrogens with one attached hydrogen (secondary N) is 1. The Morgan fingerprint density at radius 3 is 2.36 bits per heavy atom. The zero-order valence-electron chi connectivity index (χ0n) is 7.19. The number of ether oxygens (including phenoxy) is 1. The lowest BCUT2D eigenvalue weighted by molar-refractivity contribution is -0.228. The number of aliphatic hydroxyl groups excluding tert-OH is 4. The van der Waals surface area contributed by atoms with Gasteiger partial charge < -0.3 is 25.2 Å². The molecule has 80 valence electrons. The standard InChI is InChI=1S/C6H12N3O5/c7-9-8-6-5(13)4(12)3(11)2(1-10)14-6/h2-7,10-13H,1H2/q+1/t2-,3+,4+,5-,6-/m1/s1. The highest BCUT2D eigenvalue weighted by molar-refractivity contribution is 4.90. The van der Waals surface area contributed by atoms with Gasteiger partial charge in [-0.2, -0.15) is 0 Å². The minimum Gasteiger partial charge on any atom is -0.394 e. The molecule has 0 aliphatic carbocycles. The first kappa shape index (κ1) is 11.2. The van der Waals surface area contributed by atoms with Gasteiger partial charge in [0.05, 0.1) is 6.61 Å². The maximum atomic E-state index is 9.30. The number of aliphatic hydroxyl groups is 4. The van der Waals surface area contributed by atoms with Gasteiger partial charge in [-0.15, -0.1) is 0 Å². The van der Waals surface area contributed by atoms with Crippen LogP contribution in [-0.2, 0) is 4.74 Å². The lowest BCUT2D eigenvalue weighted by Gasteiger charge is -2.35. The summed E-state index contributed by atoms with van der Waals surface area (Å²) in [6.07, 6.45) is -6.59. The van der Waals surface area contributed by atoms with E-state index in [4.69, 9.17) is 15.4 Å². The second kappa shape index (κ2) is 4.56. The second-order valence-corrected chi connectivity index (χ2v) is 2.93. The second-order valence-electron chi connectivity index (χ2n) is 2.93. The van der Waals surface area contributed by atoms with Crippen molar-refractivity contribution in [3.05, 3.63) is 0 Å². The Balaban J connectivity index is 2.77. The molecule has 1 fully saturated rings. The van der Waals surface area contributed by atoms with Crippen LogP contribution in [-0.4, -0.2) is 57.7 Å². The highest BCUT2D eigenvalue weighted by Crippen LogP contribution is 2.21. The SMILES string of the molecule is N=[N+]=N[C@@H]1O[C@H](CO)[C@H](O)[C@H](O)[C@H]1O. The van der Waals surface area contributed by atoms with Crippen LogP contribution in [0.15, 0.2) is 5.11 Å². The van der Waals surface area contributed by atoms with E-state index in [-0.39, 0.29) is 0 Å². The van der Waals surface area contributed by atoms with Gasteiger partial charge in [-0.1, -0.05) is 0 Å². The maximum absolute atomic E-state index is 9.30. The molecule has 1 heterocycles. The smallest absolute Gasteiger partial charge is 0.261 e. The fraction of sp³-hybridized carbons (Fsp3) is 1.00. The fourth-order valence-electron chi connectivity index (χ4n) is 1.23. The van der Waals surface area contributed by atoms with Gasteiger partial charge in [0.2, 0.25) is 4.91 Å². The first-order valence-corrected chi connectivity index (χ1v) is 3.99.